The Hall–Kier alpha value is -4.99. The predicted molar refractivity (Wildman–Crippen MR) is 136 cm³/mol. The van der Waals surface area contributed by atoms with Gasteiger partial charge < -0.3 is 14.5 Å². The number of nitrogens with one attached hydrogen (secondary N) is 1. The van der Waals surface area contributed by atoms with Gasteiger partial charge in [-0.05, 0) is 54.1 Å². The summed E-state index contributed by atoms with van der Waals surface area (Å²) in [4.78, 5) is 33.3. The van der Waals surface area contributed by atoms with Crippen LogP contribution in [0.2, 0.25) is 0 Å². The number of aromatic nitrogens is 4. The lowest BCUT2D eigenvalue weighted by Crippen LogP contribution is -2.45. The molecule has 2 aromatic carbocycles. The molecule has 0 aliphatic carbocycles. The first-order chi connectivity index (χ1) is 18.2. The fourth-order valence-electron chi connectivity index (χ4n) is 4.13. The quantitative estimate of drug-likeness (QED) is 0.332. The Kier molecular flexibility index (Phi) is 6.89. The Morgan fingerprint density at radius 3 is 2.59 bits per heavy atom. The Morgan fingerprint density at radius 1 is 1.03 bits per heavy atom. The monoisotopic (exact) mass is 496 g/mol. The SMILES string of the molecule is COc1ccccc1N(C(=O)Cn1nnc2ccccc21)[C@@H](C(=O)NCc1ccco1)c1ccncc1. The van der Waals surface area contributed by atoms with Crippen molar-refractivity contribution in [2.45, 2.75) is 19.1 Å². The van der Waals surface area contributed by atoms with E-state index in [1.165, 1.54) is 23.0 Å². The standard InChI is InChI=1S/C27H24N6O4/c1-36-24-11-5-4-10-23(24)33(25(34)18-32-22-9-3-2-8-21(22)30-31-32)26(19-12-14-28-15-13-19)27(35)29-17-20-7-6-16-37-20/h2-16,26H,17-18H2,1H3,(H,29,35)/t26-/m1/s1. The lowest BCUT2D eigenvalue weighted by Gasteiger charge is -2.32. The molecule has 5 aromatic rings. The van der Waals surface area contributed by atoms with Gasteiger partial charge in [0.2, 0.25) is 11.8 Å². The Labute approximate surface area is 212 Å². The summed E-state index contributed by atoms with van der Waals surface area (Å²) in [5.74, 6) is 0.253. The van der Waals surface area contributed by atoms with Crippen molar-refractivity contribution in [3.05, 3.63) is 103 Å². The number of nitrogens with zero attached hydrogens (tertiary/aromatic N) is 5. The minimum absolute atomic E-state index is 0.147. The van der Waals surface area contributed by atoms with Crippen molar-refractivity contribution in [2.24, 2.45) is 0 Å². The number of hydrogen-bond acceptors (Lipinski definition) is 7. The molecule has 0 fully saturated rings. The van der Waals surface area contributed by atoms with Crippen LogP contribution in [-0.2, 0) is 22.7 Å². The van der Waals surface area contributed by atoms with Crippen LogP contribution in [0.5, 0.6) is 5.75 Å². The average molecular weight is 497 g/mol. The molecule has 10 nitrogen and oxygen atoms in total. The van der Waals surface area contributed by atoms with E-state index in [2.05, 4.69) is 20.6 Å². The maximum absolute atomic E-state index is 14.0. The number of carbonyl (C=O) groups excluding carboxylic acids is 2. The molecule has 0 unspecified atom stereocenters. The molecule has 3 aromatic heterocycles. The molecule has 0 aliphatic heterocycles. The summed E-state index contributed by atoms with van der Waals surface area (Å²) < 4.78 is 12.5. The lowest BCUT2D eigenvalue weighted by atomic mass is 10.0. The largest absolute Gasteiger partial charge is 0.495 e. The summed E-state index contributed by atoms with van der Waals surface area (Å²) in [6.45, 7) is 0.0146. The zero-order chi connectivity index (χ0) is 25.6. The van der Waals surface area contributed by atoms with Gasteiger partial charge in [0.15, 0.2) is 0 Å². The predicted octanol–water partition coefficient (Wildman–Crippen LogP) is 3.52. The number of para-hydroxylation sites is 3. The summed E-state index contributed by atoms with van der Waals surface area (Å²) in [5, 5.41) is 11.2. The van der Waals surface area contributed by atoms with Gasteiger partial charge in [-0.15, -0.1) is 5.10 Å². The molecule has 3 heterocycles. The van der Waals surface area contributed by atoms with E-state index in [1.54, 1.807) is 60.9 Å². The number of rotatable bonds is 9. The Bertz CT molecular complexity index is 1500. The van der Waals surface area contributed by atoms with Gasteiger partial charge in [-0.2, -0.15) is 0 Å². The van der Waals surface area contributed by atoms with E-state index < -0.39 is 11.9 Å². The molecule has 1 atom stereocenters. The zero-order valence-corrected chi connectivity index (χ0v) is 20.0. The van der Waals surface area contributed by atoms with Crippen LogP contribution >= 0.6 is 0 Å². The number of pyridine rings is 1. The highest BCUT2D eigenvalue weighted by atomic mass is 16.5. The summed E-state index contributed by atoms with van der Waals surface area (Å²) in [6, 6.07) is 20.3. The summed E-state index contributed by atoms with van der Waals surface area (Å²) in [5.41, 5.74) is 2.39. The van der Waals surface area contributed by atoms with Gasteiger partial charge >= 0.3 is 0 Å². The number of hydrogen-bond donors (Lipinski definition) is 1. The molecule has 0 radical (unpaired) electrons. The Morgan fingerprint density at radius 2 is 1.81 bits per heavy atom. The summed E-state index contributed by atoms with van der Waals surface area (Å²) >= 11 is 0. The highest BCUT2D eigenvalue weighted by molar-refractivity contribution is 6.02. The number of benzene rings is 2. The van der Waals surface area contributed by atoms with E-state index in [4.69, 9.17) is 9.15 Å². The number of fused-ring (bicyclic) bond motifs is 1. The molecule has 0 bridgehead atoms. The number of anilines is 1. The Balaban J connectivity index is 1.57. The van der Waals surface area contributed by atoms with Crippen molar-refractivity contribution < 1.29 is 18.7 Å². The van der Waals surface area contributed by atoms with Crippen LogP contribution in [0.4, 0.5) is 5.69 Å². The molecule has 0 saturated carbocycles. The van der Waals surface area contributed by atoms with E-state index in [0.29, 0.717) is 33.8 Å². The van der Waals surface area contributed by atoms with Crippen LogP contribution in [-0.4, -0.2) is 38.9 Å². The first kappa shape index (κ1) is 23.7. The number of amides is 2. The smallest absolute Gasteiger partial charge is 0.249 e. The minimum Gasteiger partial charge on any atom is -0.495 e. The van der Waals surface area contributed by atoms with Crippen molar-refractivity contribution in [2.75, 3.05) is 12.0 Å². The second-order valence-corrected chi connectivity index (χ2v) is 8.15. The van der Waals surface area contributed by atoms with Crippen LogP contribution in [0.3, 0.4) is 0 Å². The van der Waals surface area contributed by atoms with E-state index in [0.717, 1.165) is 0 Å². The van der Waals surface area contributed by atoms with E-state index in [1.807, 2.05) is 24.3 Å². The molecule has 10 heteroatoms. The van der Waals surface area contributed by atoms with Gasteiger partial charge in [0.1, 0.15) is 29.6 Å². The van der Waals surface area contributed by atoms with Crippen molar-refractivity contribution in [1.29, 1.82) is 0 Å². The van der Waals surface area contributed by atoms with Crippen LogP contribution in [0.15, 0.2) is 95.9 Å². The van der Waals surface area contributed by atoms with Crippen molar-refractivity contribution in [3.63, 3.8) is 0 Å². The second kappa shape index (κ2) is 10.7. The van der Waals surface area contributed by atoms with Crippen LogP contribution in [0.25, 0.3) is 11.0 Å². The van der Waals surface area contributed by atoms with Gasteiger partial charge in [0.25, 0.3) is 0 Å². The van der Waals surface area contributed by atoms with Gasteiger partial charge in [0, 0.05) is 12.4 Å². The highest BCUT2D eigenvalue weighted by Gasteiger charge is 2.34. The summed E-state index contributed by atoms with van der Waals surface area (Å²) in [7, 11) is 1.52. The third-order valence-corrected chi connectivity index (χ3v) is 5.86. The van der Waals surface area contributed by atoms with Crippen molar-refractivity contribution >= 4 is 28.5 Å². The molecule has 37 heavy (non-hydrogen) atoms. The number of ether oxygens (including phenoxy) is 1. The molecule has 5 rings (SSSR count). The van der Waals surface area contributed by atoms with Crippen molar-refractivity contribution in [3.8, 4) is 5.75 Å². The van der Waals surface area contributed by atoms with E-state index in [-0.39, 0.29) is 19.0 Å². The van der Waals surface area contributed by atoms with Crippen LogP contribution < -0.4 is 15.0 Å². The lowest BCUT2D eigenvalue weighted by molar-refractivity contribution is -0.127. The third kappa shape index (κ3) is 5.03. The van der Waals surface area contributed by atoms with Crippen molar-refractivity contribution in [1.82, 2.24) is 25.3 Å². The topological polar surface area (TPSA) is 115 Å². The van der Waals surface area contributed by atoms with Gasteiger partial charge in [-0.3, -0.25) is 19.5 Å². The molecule has 0 saturated heterocycles. The third-order valence-electron chi connectivity index (χ3n) is 5.86. The van der Waals surface area contributed by atoms with E-state index in [9.17, 15) is 9.59 Å². The van der Waals surface area contributed by atoms with E-state index >= 15 is 0 Å². The normalized spacial score (nSPS) is 11.7. The van der Waals surface area contributed by atoms with Gasteiger partial charge in [-0.1, -0.05) is 29.5 Å². The fraction of sp³-hybridized carbons (Fsp3) is 0.148. The minimum atomic E-state index is -1.03. The van der Waals surface area contributed by atoms with Gasteiger partial charge in [0.05, 0.1) is 31.1 Å². The van der Waals surface area contributed by atoms with Gasteiger partial charge in [-0.25, -0.2) is 4.68 Å². The highest BCUT2D eigenvalue weighted by Crippen LogP contribution is 2.35. The van der Waals surface area contributed by atoms with Crippen LogP contribution in [0, 0.1) is 0 Å². The molecular weight excluding hydrogens is 472 g/mol. The molecular formula is C27H24N6O4. The summed E-state index contributed by atoms with van der Waals surface area (Å²) in [6.07, 6.45) is 4.70. The zero-order valence-electron chi connectivity index (χ0n) is 20.0. The molecule has 186 valence electrons. The molecule has 2 amide bonds. The average Bonchev–Trinajstić information content (AvgIpc) is 3.61. The maximum Gasteiger partial charge on any atom is 0.249 e. The number of carbonyl (C=O) groups is 2. The second-order valence-electron chi connectivity index (χ2n) is 8.15. The number of furan rings is 1. The number of methoxy groups -OCH3 is 1. The first-order valence-electron chi connectivity index (χ1n) is 11.6. The fourth-order valence-corrected chi connectivity index (χ4v) is 4.13. The molecule has 1 N–H and O–H groups in total. The molecule has 0 aliphatic rings. The first-order valence-corrected chi connectivity index (χ1v) is 11.6. The van der Waals surface area contributed by atoms with Crippen LogP contribution in [0.1, 0.15) is 17.4 Å². The maximum atomic E-state index is 14.0. The molecule has 0 spiro atoms.